The summed E-state index contributed by atoms with van der Waals surface area (Å²) in [7, 11) is 0. The van der Waals surface area contributed by atoms with Crippen LogP contribution in [-0.2, 0) is 0 Å². The fraction of sp³-hybridized carbons (Fsp3) is 0.200. The molecule has 0 aliphatic rings. The van der Waals surface area contributed by atoms with E-state index in [1.807, 2.05) is 6.92 Å². The normalized spacial score (nSPS) is 9.92. The summed E-state index contributed by atoms with van der Waals surface area (Å²) in [5.74, 6) is -0.264. The van der Waals surface area contributed by atoms with Gasteiger partial charge in [-0.15, -0.1) is 0 Å². The highest BCUT2D eigenvalue weighted by Crippen LogP contribution is 2.24. The van der Waals surface area contributed by atoms with Gasteiger partial charge in [-0.1, -0.05) is 6.58 Å². The van der Waals surface area contributed by atoms with Crippen LogP contribution >= 0.6 is 0 Å². The Labute approximate surface area is 71.7 Å². The summed E-state index contributed by atoms with van der Waals surface area (Å²) in [5.41, 5.74) is 8.59. The zero-order chi connectivity index (χ0) is 9.30. The summed E-state index contributed by atoms with van der Waals surface area (Å²) in [4.78, 5) is 0. The minimum absolute atomic E-state index is 0.264. The van der Waals surface area contributed by atoms with Crippen LogP contribution in [0.4, 0.5) is 10.1 Å². The number of hydrogen-bond acceptors (Lipinski definition) is 1. The monoisotopic (exact) mass is 165 g/mol. The van der Waals surface area contributed by atoms with Gasteiger partial charge in [0.2, 0.25) is 0 Å². The fourth-order valence-electron chi connectivity index (χ4n) is 1.11. The quantitative estimate of drug-likeness (QED) is 0.636. The van der Waals surface area contributed by atoms with Crippen LogP contribution < -0.4 is 5.73 Å². The number of hydrogen-bond donors (Lipinski definition) is 1. The van der Waals surface area contributed by atoms with Crippen molar-refractivity contribution >= 4 is 11.3 Å². The molecule has 0 aliphatic heterocycles. The van der Waals surface area contributed by atoms with Crippen molar-refractivity contribution in [2.24, 2.45) is 0 Å². The molecule has 12 heavy (non-hydrogen) atoms. The van der Waals surface area contributed by atoms with Gasteiger partial charge in [-0.05, 0) is 37.1 Å². The van der Waals surface area contributed by atoms with Gasteiger partial charge in [-0.25, -0.2) is 4.39 Å². The summed E-state index contributed by atoms with van der Waals surface area (Å²) < 4.78 is 12.9. The zero-order valence-electron chi connectivity index (χ0n) is 7.32. The molecule has 1 rings (SSSR count). The summed E-state index contributed by atoms with van der Waals surface area (Å²) in [5, 5.41) is 0. The smallest absolute Gasteiger partial charge is 0.124 e. The molecular weight excluding hydrogens is 153 g/mol. The standard InChI is InChI=1S/C10H12FN/c1-6(2)9-5-8(11)4-7(3)10(9)12/h4-5H,1,12H2,2-3H3. The van der Waals surface area contributed by atoms with E-state index in [9.17, 15) is 4.39 Å². The van der Waals surface area contributed by atoms with Crippen molar-refractivity contribution in [3.05, 3.63) is 35.7 Å². The van der Waals surface area contributed by atoms with Crippen LogP contribution in [0.3, 0.4) is 0 Å². The summed E-state index contributed by atoms with van der Waals surface area (Å²) >= 11 is 0. The van der Waals surface area contributed by atoms with Crippen molar-refractivity contribution < 1.29 is 4.39 Å². The maximum Gasteiger partial charge on any atom is 0.124 e. The molecule has 1 aromatic carbocycles. The molecule has 0 saturated heterocycles. The largest absolute Gasteiger partial charge is 0.398 e. The Hall–Kier alpha value is -1.31. The molecule has 0 heterocycles. The number of aryl methyl sites for hydroxylation is 1. The summed E-state index contributed by atoms with van der Waals surface area (Å²) in [6.07, 6.45) is 0. The van der Waals surface area contributed by atoms with E-state index in [0.29, 0.717) is 11.3 Å². The van der Waals surface area contributed by atoms with Crippen LogP contribution in [-0.4, -0.2) is 0 Å². The number of halogens is 1. The van der Waals surface area contributed by atoms with E-state index in [0.717, 1.165) is 11.1 Å². The maximum atomic E-state index is 12.9. The maximum absolute atomic E-state index is 12.9. The molecule has 0 saturated carbocycles. The Balaban J connectivity index is 3.37. The van der Waals surface area contributed by atoms with Crippen LogP contribution in [0.1, 0.15) is 18.1 Å². The Bertz CT molecular complexity index is 329. The lowest BCUT2D eigenvalue weighted by molar-refractivity contribution is 0.626. The highest BCUT2D eigenvalue weighted by molar-refractivity contribution is 5.74. The average Bonchev–Trinajstić information content (AvgIpc) is 1.96. The number of rotatable bonds is 1. The van der Waals surface area contributed by atoms with Crippen molar-refractivity contribution in [3.63, 3.8) is 0 Å². The van der Waals surface area contributed by atoms with Gasteiger partial charge in [0.05, 0.1) is 0 Å². The topological polar surface area (TPSA) is 26.0 Å². The zero-order valence-corrected chi connectivity index (χ0v) is 7.32. The molecule has 1 nitrogen and oxygen atoms in total. The number of nitrogens with two attached hydrogens (primary N) is 1. The number of nitrogen functional groups attached to an aromatic ring is 1. The second-order valence-corrected chi connectivity index (χ2v) is 2.96. The molecule has 0 aromatic heterocycles. The van der Waals surface area contributed by atoms with Crippen molar-refractivity contribution in [1.82, 2.24) is 0 Å². The summed E-state index contributed by atoms with van der Waals surface area (Å²) in [6, 6.07) is 2.83. The highest BCUT2D eigenvalue weighted by atomic mass is 19.1. The van der Waals surface area contributed by atoms with E-state index in [1.165, 1.54) is 12.1 Å². The van der Waals surface area contributed by atoms with Crippen LogP contribution in [0.15, 0.2) is 18.7 Å². The minimum Gasteiger partial charge on any atom is -0.398 e. The first kappa shape index (κ1) is 8.78. The van der Waals surface area contributed by atoms with Crippen molar-refractivity contribution in [2.45, 2.75) is 13.8 Å². The van der Waals surface area contributed by atoms with Gasteiger partial charge in [0.1, 0.15) is 5.82 Å². The lowest BCUT2D eigenvalue weighted by Crippen LogP contribution is -1.96. The van der Waals surface area contributed by atoms with E-state index in [1.54, 1.807) is 6.92 Å². The number of allylic oxidation sites excluding steroid dienone is 1. The Morgan fingerprint density at radius 1 is 1.50 bits per heavy atom. The van der Waals surface area contributed by atoms with Crippen molar-refractivity contribution in [3.8, 4) is 0 Å². The van der Waals surface area contributed by atoms with Gasteiger partial charge in [0.15, 0.2) is 0 Å². The van der Waals surface area contributed by atoms with Crippen molar-refractivity contribution in [2.75, 3.05) is 5.73 Å². The Morgan fingerprint density at radius 2 is 2.08 bits per heavy atom. The van der Waals surface area contributed by atoms with Gasteiger partial charge in [-0.2, -0.15) is 0 Å². The van der Waals surface area contributed by atoms with E-state index < -0.39 is 0 Å². The van der Waals surface area contributed by atoms with E-state index in [-0.39, 0.29) is 5.82 Å². The summed E-state index contributed by atoms with van der Waals surface area (Å²) in [6.45, 7) is 7.31. The second-order valence-electron chi connectivity index (χ2n) is 2.96. The minimum atomic E-state index is -0.264. The van der Waals surface area contributed by atoms with E-state index >= 15 is 0 Å². The lowest BCUT2D eigenvalue weighted by atomic mass is 10.0. The molecule has 64 valence electrons. The first-order chi connectivity index (χ1) is 5.52. The van der Waals surface area contributed by atoms with Crippen LogP contribution in [0.5, 0.6) is 0 Å². The SMILES string of the molecule is C=C(C)c1cc(F)cc(C)c1N. The molecule has 0 fully saturated rings. The Morgan fingerprint density at radius 3 is 2.58 bits per heavy atom. The number of benzene rings is 1. The molecule has 0 spiro atoms. The molecule has 0 unspecified atom stereocenters. The van der Waals surface area contributed by atoms with Gasteiger partial charge in [0, 0.05) is 11.3 Å². The predicted octanol–water partition coefficient (Wildman–Crippen LogP) is 2.75. The molecule has 0 aliphatic carbocycles. The van der Waals surface area contributed by atoms with Crippen LogP contribution in [0.25, 0.3) is 5.57 Å². The molecule has 0 amide bonds. The fourth-order valence-corrected chi connectivity index (χ4v) is 1.11. The van der Waals surface area contributed by atoms with Crippen LogP contribution in [0, 0.1) is 12.7 Å². The van der Waals surface area contributed by atoms with E-state index in [4.69, 9.17) is 5.73 Å². The molecule has 0 atom stereocenters. The molecule has 2 N–H and O–H groups in total. The third-order valence-electron chi connectivity index (χ3n) is 1.81. The molecule has 0 radical (unpaired) electrons. The molecular formula is C10H12FN. The molecule has 1 aromatic rings. The number of anilines is 1. The first-order valence-corrected chi connectivity index (χ1v) is 3.74. The van der Waals surface area contributed by atoms with Crippen LogP contribution in [0.2, 0.25) is 0 Å². The van der Waals surface area contributed by atoms with Gasteiger partial charge in [0.25, 0.3) is 0 Å². The third-order valence-corrected chi connectivity index (χ3v) is 1.81. The predicted molar refractivity (Wildman–Crippen MR) is 50.3 cm³/mol. The average molecular weight is 165 g/mol. The third kappa shape index (κ3) is 1.47. The van der Waals surface area contributed by atoms with E-state index in [2.05, 4.69) is 6.58 Å². The lowest BCUT2D eigenvalue weighted by Gasteiger charge is -2.07. The molecule has 0 bridgehead atoms. The van der Waals surface area contributed by atoms with Gasteiger partial charge < -0.3 is 5.73 Å². The second kappa shape index (κ2) is 2.97. The molecule has 2 heteroatoms. The first-order valence-electron chi connectivity index (χ1n) is 3.74. The van der Waals surface area contributed by atoms with Crippen molar-refractivity contribution in [1.29, 1.82) is 0 Å². The van der Waals surface area contributed by atoms with Gasteiger partial charge in [-0.3, -0.25) is 0 Å². The van der Waals surface area contributed by atoms with Gasteiger partial charge >= 0.3 is 0 Å². The highest BCUT2D eigenvalue weighted by Gasteiger charge is 2.04. The Kier molecular flexibility index (Phi) is 2.18.